The highest BCUT2D eigenvalue weighted by Crippen LogP contribution is 2.33. The lowest BCUT2D eigenvalue weighted by atomic mass is 9.83. The number of aliphatic hydroxyl groups is 1. The molecule has 0 aromatic heterocycles. The van der Waals surface area contributed by atoms with Crippen LogP contribution >= 0.6 is 0 Å². The summed E-state index contributed by atoms with van der Waals surface area (Å²) in [6.45, 7) is 7.70. The van der Waals surface area contributed by atoms with Crippen LogP contribution < -0.4 is 5.32 Å². The molecule has 0 radical (unpaired) electrons. The maximum absolute atomic E-state index is 9.65. The van der Waals surface area contributed by atoms with E-state index in [9.17, 15) is 5.11 Å². The molecule has 0 heterocycles. The first kappa shape index (κ1) is 14.5. The van der Waals surface area contributed by atoms with Crippen molar-refractivity contribution in [3.63, 3.8) is 0 Å². The molecular formula is C17H27NO. The molecule has 19 heavy (non-hydrogen) atoms. The Morgan fingerprint density at radius 1 is 1.32 bits per heavy atom. The summed E-state index contributed by atoms with van der Waals surface area (Å²) in [6, 6.07) is 7.26. The van der Waals surface area contributed by atoms with Gasteiger partial charge in [-0.05, 0) is 43.7 Å². The Labute approximate surface area is 117 Å². The van der Waals surface area contributed by atoms with Crippen LogP contribution in [0.1, 0.15) is 55.8 Å². The fourth-order valence-electron chi connectivity index (χ4n) is 3.05. The summed E-state index contributed by atoms with van der Waals surface area (Å²) in [7, 11) is 0. The van der Waals surface area contributed by atoms with Crippen molar-refractivity contribution in [2.45, 2.75) is 52.5 Å². The standard InChI is InChI=1S/C17H27NO/c1-4-17(5-2,12-19)11-18-16-9-8-14-7-6-13(3)10-15(14)16/h6-7,10,16,18-19H,4-5,8-9,11-12H2,1-3H3. The van der Waals surface area contributed by atoms with Gasteiger partial charge in [0, 0.05) is 24.6 Å². The van der Waals surface area contributed by atoms with E-state index >= 15 is 0 Å². The van der Waals surface area contributed by atoms with Crippen molar-refractivity contribution < 1.29 is 5.11 Å². The zero-order valence-corrected chi connectivity index (χ0v) is 12.5. The van der Waals surface area contributed by atoms with E-state index in [0.717, 1.165) is 19.4 Å². The maximum atomic E-state index is 9.65. The molecule has 1 aromatic carbocycles. The SMILES string of the molecule is CCC(CC)(CO)CNC1CCc2ccc(C)cc21. The first-order valence-corrected chi connectivity index (χ1v) is 7.58. The van der Waals surface area contributed by atoms with Gasteiger partial charge in [-0.3, -0.25) is 0 Å². The number of aliphatic hydroxyl groups excluding tert-OH is 1. The minimum absolute atomic E-state index is 0.0482. The molecule has 1 unspecified atom stereocenters. The second-order valence-electron chi connectivity index (χ2n) is 6.04. The topological polar surface area (TPSA) is 32.3 Å². The molecule has 0 saturated carbocycles. The molecule has 0 aliphatic heterocycles. The predicted molar refractivity (Wildman–Crippen MR) is 80.3 cm³/mol. The zero-order valence-electron chi connectivity index (χ0n) is 12.5. The van der Waals surface area contributed by atoms with E-state index < -0.39 is 0 Å². The number of hydrogen-bond acceptors (Lipinski definition) is 2. The van der Waals surface area contributed by atoms with Gasteiger partial charge in [-0.25, -0.2) is 0 Å². The van der Waals surface area contributed by atoms with Crippen LogP contribution in [0.2, 0.25) is 0 Å². The molecule has 1 aliphatic carbocycles. The van der Waals surface area contributed by atoms with E-state index in [-0.39, 0.29) is 12.0 Å². The van der Waals surface area contributed by atoms with Gasteiger partial charge < -0.3 is 10.4 Å². The van der Waals surface area contributed by atoms with Gasteiger partial charge in [0.2, 0.25) is 0 Å². The van der Waals surface area contributed by atoms with Crippen LogP contribution in [0.5, 0.6) is 0 Å². The second-order valence-corrected chi connectivity index (χ2v) is 6.04. The molecule has 1 atom stereocenters. The minimum atomic E-state index is 0.0482. The first-order valence-electron chi connectivity index (χ1n) is 7.58. The Morgan fingerprint density at radius 2 is 2.05 bits per heavy atom. The van der Waals surface area contributed by atoms with E-state index in [4.69, 9.17) is 0 Å². The van der Waals surface area contributed by atoms with E-state index in [1.807, 2.05) is 0 Å². The smallest absolute Gasteiger partial charge is 0.0499 e. The van der Waals surface area contributed by atoms with Crippen molar-refractivity contribution in [1.29, 1.82) is 0 Å². The molecule has 106 valence electrons. The average molecular weight is 261 g/mol. The van der Waals surface area contributed by atoms with Crippen LogP contribution in [0.3, 0.4) is 0 Å². The first-order chi connectivity index (χ1) is 9.14. The summed E-state index contributed by atoms with van der Waals surface area (Å²) < 4.78 is 0. The molecule has 2 rings (SSSR count). The van der Waals surface area contributed by atoms with E-state index in [1.165, 1.54) is 29.5 Å². The van der Waals surface area contributed by atoms with Gasteiger partial charge in [0.1, 0.15) is 0 Å². The van der Waals surface area contributed by atoms with Crippen molar-refractivity contribution in [3.05, 3.63) is 34.9 Å². The summed E-state index contributed by atoms with van der Waals surface area (Å²) in [5.41, 5.74) is 4.35. The van der Waals surface area contributed by atoms with Crippen LogP contribution in [0, 0.1) is 12.3 Å². The molecule has 2 nitrogen and oxygen atoms in total. The Morgan fingerprint density at radius 3 is 2.68 bits per heavy atom. The lowest BCUT2D eigenvalue weighted by molar-refractivity contribution is 0.109. The molecule has 1 aromatic rings. The predicted octanol–water partition coefficient (Wildman–Crippen LogP) is 3.37. The fraction of sp³-hybridized carbons (Fsp3) is 0.647. The highest BCUT2D eigenvalue weighted by atomic mass is 16.3. The zero-order chi connectivity index (χ0) is 13.9. The van der Waals surface area contributed by atoms with Crippen LogP contribution in [-0.2, 0) is 6.42 Å². The molecule has 0 amide bonds. The van der Waals surface area contributed by atoms with Gasteiger partial charge >= 0.3 is 0 Å². The Balaban J connectivity index is 2.05. The van der Waals surface area contributed by atoms with Gasteiger partial charge in [-0.1, -0.05) is 37.6 Å². The number of benzene rings is 1. The number of fused-ring (bicyclic) bond motifs is 1. The molecule has 0 bridgehead atoms. The fourth-order valence-corrected chi connectivity index (χ4v) is 3.05. The van der Waals surface area contributed by atoms with Gasteiger partial charge in [-0.15, -0.1) is 0 Å². The highest BCUT2D eigenvalue weighted by Gasteiger charge is 2.28. The summed E-state index contributed by atoms with van der Waals surface area (Å²) in [4.78, 5) is 0. The van der Waals surface area contributed by atoms with Crippen LogP contribution in [0.25, 0.3) is 0 Å². The third-order valence-electron chi connectivity index (χ3n) is 4.94. The molecule has 0 spiro atoms. The Hall–Kier alpha value is -0.860. The van der Waals surface area contributed by atoms with Gasteiger partial charge in [0.25, 0.3) is 0 Å². The minimum Gasteiger partial charge on any atom is -0.396 e. The lowest BCUT2D eigenvalue weighted by Gasteiger charge is -2.31. The van der Waals surface area contributed by atoms with Gasteiger partial charge in [-0.2, -0.15) is 0 Å². The van der Waals surface area contributed by atoms with Crippen molar-refractivity contribution >= 4 is 0 Å². The maximum Gasteiger partial charge on any atom is 0.0499 e. The number of hydrogen-bond donors (Lipinski definition) is 2. The summed E-state index contributed by atoms with van der Waals surface area (Å²) in [5.74, 6) is 0. The van der Waals surface area contributed by atoms with Crippen LogP contribution in [0.15, 0.2) is 18.2 Å². The average Bonchev–Trinajstić information content (AvgIpc) is 2.83. The number of rotatable bonds is 6. The Kier molecular flexibility index (Phi) is 4.64. The van der Waals surface area contributed by atoms with E-state index in [2.05, 4.69) is 44.3 Å². The van der Waals surface area contributed by atoms with Crippen molar-refractivity contribution in [2.75, 3.05) is 13.2 Å². The van der Waals surface area contributed by atoms with Crippen LogP contribution in [0.4, 0.5) is 0 Å². The quantitative estimate of drug-likeness (QED) is 0.823. The van der Waals surface area contributed by atoms with Gasteiger partial charge in [0.05, 0.1) is 0 Å². The third-order valence-corrected chi connectivity index (χ3v) is 4.94. The molecule has 2 heteroatoms. The van der Waals surface area contributed by atoms with E-state index in [0.29, 0.717) is 6.04 Å². The van der Waals surface area contributed by atoms with Crippen LogP contribution in [-0.4, -0.2) is 18.3 Å². The number of aryl methyl sites for hydroxylation is 2. The third kappa shape index (κ3) is 3.01. The summed E-state index contributed by atoms with van der Waals surface area (Å²) in [5, 5.41) is 13.3. The van der Waals surface area contributed by atoms with Crippen molar-refractivity contribution in [2.24, 2.45) is 5.41 Å². The highest BCUT2D eigenvalue weighted by molar-refractivity contribution is 5.37. The molecule has 0 fully saturated rings. The number of nitrogens with one attached hydrogen (secondary N) is 1. The Bertz CT molecular complexity index is 415. The molecular weight excluding hydrogens is 234 g/mol. The second kappa shape index (κ2) is 6.06. The normalized spacial score (nSPS) is 18.6. The molecule has 1 aliphatic rings. The monoisotopic (exact) mass is 261 g/mol. The summed E-state index contributed by atoms with van der Waals surface area (Å²) in [6.07, 6.45) is 4.42. The summed E-state index contributed by atoms with van der Waals surface area (Å²) >= 11 is 0. The van der Waals surface area contributed by atoms with E-state index in [1.54, 1.807) is 0 Å². The largest absolute Gasteiger partial charge is 0.396 e. The van der Waals surface area contributed by atoms with Gasteiger partial charge in [0.15, 0.2) is 0 Å². The van der Waals surface area contributed by atoms with Crippen molar-refractivity contribution in [3.8, 4) is 0 Å². The molecule has 0 saturated heterocycles. The van der Waals surface area contributed by atoms with Crippen molar-refractivity contribution in [1.82, 2.24) is 5.32 Å². The molecule has 2 N–H and O–H groups in total. The lowest BCUT2D eigenvalue weighted by Crippen LogP contribution is -2.37.